The number of aryl methyl sites for hydroxylation is 1. The molecule has 0 unspecified atom stereocenters. The van der Waals surface area contributed by atoms with Crippen molar-refractivity contribution in [3.05, 3.63) is 65.7 Å². The van der Waals surface area contributed by atoms with Gasteiger partial charge < -0.3 is 9.30 Å². The van der Waals surface area contributed by atoms with E-state index in [9.17, 15) is 8.42 Å². The predicted molar refractivity (Wildman–Crippen MR) is 114 cm³/mol. The Kier molecular flexibility index (Phi) is 4.69. The fraction of sp³-hybridized carbons (Fsp3) is 0.143. The monoisotopic (exact) mass is 414 g/mol. The third-order valence-electron chi connectivity index (χ3n) is 4.76. The van der Waals surface area contributed by atoms with Crippen LogP contribution in [0.15, 0.2) is 65.6 Å². The van der Waals surface area contributed by atoms with Gasteiger partial charge in [-0.2, -0.15) is 0 Å². The first-order valence-corrected chi connectivity index (χ1v) is 10.7. The zero-order valence-corrected chi connectivity index (χ0v) is 17.0. The molecule has 4 aromatic rings. The number of sulfonamides is 1. The molecule has 0 saturated carbocycles. The zero-order valence-electron chi connectivity index (χ0n) is 15.4. The second-order valence-corrected chi connectivity index (χ2v) is 8.48. The van der Waals surface area contributed by atoms with E-state index < -0.39 is 10.0 Å². The highest BCUT2D eigenvalue weighted by molar-refractivity contribution is 7.92. The molecule has 0 spiro atoms. The number of nitrogens with zero attached hydrogens (tertiary/aromatic N) is 1. The number of anilines is 1. The number of ether oxygens (including phenoxy) is 1. The van der Waals surface area contributed by atoms with Crippen LogP contribution in [0.5, 0.6) is 5.75 Å². The number of rotatable bonds is 5. The predicted octanol–water partition coefficient (Wildman–Crippen LogP) is 5.28. The van der Waals surface area contributed by atoms with Crippen LogP contribution in [0.1, 0.15) is 6.92 Å². The summed E-state index contributed by atoms with van der Waals surface area (Å²) in [6, 6.07) is 18.2. The molecule has 3 aromatic carbocycles. The number of hydrogen-bond acceptors (Lipinski definition) is 3. The number of benzene rings is 3. The van der Waals surface area contributed by atoms with Crippen molar-refractivity contribution in [3.8, 4) is 5.75 Å². The van der Waals surface area contributed by atoms with Crippen molar-refractivity contribution in [2.75, 3.05) is 11.8 Å². The third-order valence-corrected chi connectivity index (χ3v) is 6.39. The Morgan fingerprint density at radius 1 is 1.00 bits per heavy atom. The Balaban J connectivity index is 1.82. The molecule has 0 saturated heterocycles. The Bertz CT molecular complexity index is 1300. The van der Waals surface area contributed by atoms with Gasteiger partial charge in [-0.05, 0) is 49.4 Å². The maximum atomic E-state index is 12.9. The van der Waals surface area contributed by atoms with Crippen LogP contribution < -0.4 is 9.46 Å². The number of methoxy groups -OCH3 is 1. The van der Waals surface area contributed by atoms with E-state index in [0.29, 0.717) is 10.7 Å². The summed E-state index contributed by atoms with van der Waals surface area (Å²) in [6.07, 6.45) is 0. The van der Waals surface area contributed by atoms with Gasteiger partial charge in [-0.1, -0.05) is 29.8 Å². The van der Waals surface area contributed by atoms with E-state index >= 15 is 0 Å². The number of fused-ring (bicyclic) bond motifs is 3. The summed E-state index contributed by atoms with van der Waals surface area (Å²) in [6.45, 7) is 2.92. The van der Waals surface area contributed by atoms with Crippen LogP contribution in [0, 0.1) is 0 Å². The third kappa shape index (κ3) is 3.08. The second-order valence-electron chi connectivity index (χ2n) is 6.39. The smallest absolute Gasteiger partial charge is 0.265 e. The van der Waals surface area contributed by atoms with Gasteiger partial charge in [0.2, 0.25) is 0 Å². The lowest BCUT2D eigenvalue weighted by molar-refractivity contribution is 0.403. The van der Waals surface area contributed by atoms with Crippen molar-refractivity contribution < 1.29 is 13.2 Å². The molecule has 0 aliphatic rings. The van der Waals surface area contributed by atoms with Crippen LogP contribution >= 0.6 is 11.6 Å². The highest BCUT2D eigenvalue weighted by atomic mass is 35.5. The number of halogens is 1. The minimum atomic E-state index is -3.87. The second kappa shape index (κ2) is 7.04. The van der Waals surface area contributed by atoms with Gasteiger partial charge in [-0.3, -0.25) is 4.72 Å². The molecule has 144 valence electrons. The summed E-state index contributed by atoms with van der Waals surface area (Å²) in [5.74, 6) is 0.237. The minimum absolute atomic E-state index is 0.00131. The fourth-order valence-corrected chi connectivity index (χ4v) is 5.01. The van der Waals surface area contributed by atoms with Crippen LogP contribution in [-0.4, -0.2) is 20.1 Å². The average molecular weight is 415 g/mol. The quantitative estimate of drug-likeness (QED) is 0.483. The SMILES string of the molecule is CCn1c2ccccc2c2cc(NS(=O)(=O)c3cc(Cl)ccc3OC)ccc21. The lowest BCUT2D eigenvalue weighted by atomic mass is 10.1. The standard InChI is InChI=1S/C21H19ClN2O3S/c1-3-24-18-7-5-4-6-16(18)17-13-15(9-10-19(17)24)23-28(25,26)21-12-14(22)8-11-20(21)27-2/h4-13,23H,3H2,1-2H3. The van der Waals surface area contributed by atoms with Crippen LogP contribution in [0.2, 0.25) is 5.02 Å². The van der Waals surface area contributed by atoms with Gasteiger partial charge >= 0.3 is 0 Å². The summed E-state index contributed by atoms with van der Waals surface area (Å²) >= 11 is 5.99. The van der Waals surface area contributed by atoms with E-state index in [1.165, 1.54) is 19.2 Å². The van der Waals surface area contributed by atoms with Crippen molar-refractivity contribution in [2.45, 2.75) is 18.4 Å². The molecule has 0 bridgehead atoms. The highest BCUT2D eigenvalue weighted by Crippen LogP contribution is 2.33. The molecule has 1 heterocycles. The van der Waals surface area contributed by atoms with Gasteiger partial charge in [0.25, 0.3) is 10.0 Å². The molecule has 5 nitrogen and oxygen atoms in total. The maximum absolute atomic E-state index is 12.9. The molecular weight excluding hydrogens is 396 g/mol. The lowest BCUT2D eigenvalue weighted by Gasteiger charge is -2.12. The zero-order chi connectivity index (χ0) is 19.9. The van der Waals surface area contributed by atoms with E-state index in [0.717, 1.165) is 28.4 Å². The number of hydrogen-bond donors (Lipinski definition) is 1. The molecule has 1 N–H and O–H groups in total. The Morgan fingerprint density at radius 3 is 2.50 bits per heavy atom. The van der Waals surface area contributed by atoms with Gasteiger partial charge in [0.05, 0.1) is 7.11 Å². The molecular formula is C21H19ClN2O3S. The molecule has 0 aliphatic heterocycles. The molecule has 28 heavy (non-hydrogen) atoms. The van der Waals surface area contributed by atoms with Crippen molar-refractivity contribution >= 4 is 49.1 Å². The first kappa shape index (κ1) is 18.7. The Morgan fingerprint density at radius 2 is 1.75 bits per heavy atom. The van der Waals surface area contributed by atoms with Crippen LogP contribution in [-0.2, 0) is 16.6 Å². The van der Waals surface area contributed by atoms with E-state index in [2.05, 4.69) is 22.3 Å². The van der Waals surface area contributed by atoms with E-state index in [-0.39, 0.29) is 10.6 Å². The molecule has 0 fully saturated rings. The van der Waals surface area contributed by atoms with Crippen molar-refractivity contribution in [1.82, 2.24) is 4.57 Å². The van der Waals surface area contributed by atoms with Crippen LogP contribution in [0.3, 0.4) is 0 Å². The van der Waals surface area contributed by atoms with Crippen LogP contribution in [0.4, 0.5) is 5.69 Å². The van der Waals surface area contributed by atoms with Crippen molar-refractivity contribution in [3.63, 3.8) is 0 Å². The largest absolute Gasteiger partial charge is 0.495 e. The number of aromatic nitrogens is 1. The first-order valence-electron chi connectivity index (χ1n) is 8.82. The van der Waals surface area contributed by atoms with Gasteiger partial charge in [-0.25, -0.2) is 8.42 Å². The lowest BCUT2D eigenvalue weighted by Crippen LogP contribution is -2.14. The molecule has 0 atom stereocenters. The molecule has 1 aromatic heterocycles. The molecule has 0 radical (unpaired) electrons. The normalized spacial score (nSPS) is 11.8. The van der Waals surface area contributed by atoms with Gasteiger partial charge in [0, 0.05) is 39.1 Å². The molecule has 0 amide bonds. The van der Waals surface area contributed by atoms with Crippen LogP contribution in [0.25, 0.3) is 21.8 Å². The van der Waals surface area contributed by atoms with E-state index in [1.54, 1.807) is 12.1 Å². The summed E-state index contributed by atoms with van der Waals surface area (Å²) in [5.41, 5.74) is 2.66. The highest BCUT2D eigenvalue weighted by Gasteiger charge is 2.21. The van der Waals surface area contributed by atoms with Gasteiger partial charge in [-0.15, -0.1) is 0 Å². The fourth-order valence-electron chi connectivity index (χ4n) is 3.53. The number of nitrogens with one attached hydrogen (secondary N) is 1. The Hall–Kier alpha value is -2.70. The van der Waals surface area contributed by atoms with E-state index in [1.807, 2.05) is 30.3 Å². The summed E-state index contributed by atoms with van der Waals surface area (Å²) in [7, 11) is -2.44. The average Bonchev–Trinajstić information content (AvgIpc) is 3.00. The molecule has 4 rings (SSSR count). The first-order chi connectivity index (χ1) is 13.4. The van der Waals surface area contributed by atoms with E-state index in [4.69, 9.17) is 16.3 Å². The molecule has 0 aliphatic carbocycles. The number of para-hydroxylation sites is 1. The molecule has 7 heteroatoms. The van der Waals surface area contributed by atoms with Crippen molar-refractivity contribution in [2.24, 2.45) is 0 Å². The van der Waals surface area contributed by atoms with Gasteiger partial charge in [0.15, 0.2) is 0 Å². The van der Waals surface area contributed by atoms with Crippen molar-refractivity contribution in [1.29, 1.82) is 0 Å². The van der Waals surface area contributed by atoms with Gasteiger partial charge in [0.1, 0.15) is 10.6 Å². The summed E-state index contributed by atoms with van der Waals surface area (Å²) in [5, 5.41) is 2.40. The maximum Gasteiger partial charge on any atom is 0.265 e. The summed E-state index contributed by atoms with van der Waals surface area (Å²) < 4.78 is 35.9. The summed E-state index contributed by atoms with van der Waals surface area (Å²) in [4.78, 5) is -0.00131. The minimum Gasteiger partial charge on any atom is -0.495 e. The topological polar surface area (TPSA) is 60.3 Å². The Labute approximate surface area is 168 Å².